The zero-order valence-electron chi connectivity index (χ0n) is 8.93. The number of carboxylic acid groups (broad SMARTS) is 1. The van der Waals surface area contributed by atoms with Crippen molar-refractivity contribution in [1.29, 1.82) is 0 Å². The van der Waals surface area contributed by atoms with E-state index in [0.717, 1.165) is 5.56 Å². The molecule has 3 nitrogen and oxygen atoms in total. The van der Waals surface area contributed by atoms with Crippen molar-refractivity contribution in [3.05, 3.63) is 54.1 Å². The standard InChI is InChI=1S/C13H10FNO2/c14-12-6-9(7-13(16)17)5-11(8-12)10-1-3-15-4-2-10/h1-6,8H,7H2,(H,16,17). The van der Waals surface area contributed by atoms with Crippen LogP contribution in [0, 0.1) is 5.82 Å². The van der Waals surface area contributed by atoms with Gasteiger partial charge in [0.25, 0.3) is 0 Å². The van der Waals surface area contributed by atoms with E-state index in [4.69, 9.17) is 5.11 Å². The number of hydrogen-bond acceptors (Lipinski definition) is 2. The van der Waals surface area contributed by atoms with Gasteiger partial charge in [-0.15, -0.1) is 0 Å². The summed E-state index contributed by atoms with van der Waals surface area (Å²) in [5.74, 6) is -1.41. The summed E-state index contributed by atoms with van der Waals surface area (Å²) in [4.78, 5) is 14.5. The van der Waals surface area contributed by atoms with Gasteiger partial charge in [0.05, 0.1) is 6.42 Å². The van der Waals surface area contributed by atoms with Gasteiger partial charge in [0.15, 0.2) is 0 Å². The minimum absolute atomic E-state index is 0.185. The molecule has 0 aliphatic heterocycles. The lowest BCUT2D eigenvalue weighted by molar-refractivity contribution is -0.136. The van der Waals surface area contributed by atoms with Crippen LogP contribution in [0.5, 0.6) is 0 Å². The van der Waals surface area contributed by atoms with E-state index >= 15 is 0 Å². The SMILES string of the molecule is O=C(O)Cc1cc(F)cc(-c2ccncc2)c1. The lowest BCUT2D eigenvalue weighted by Gasteiger charge is -2.04. The average Bonchev–Trinajstić information content (AvgIpc) is 2.28. The van der Waals surface area contributed by atoms with Crippen molar-refractivity contribution in [2.24, 2.45) is 0 Å². The van der Waals surface area contributed by atoms with Crippen LogP contribution < -0.4 is 0 Å². The predicted octanol–water partition coefficient (Wildman–Crippen LogP) is 2.51. The van der Waals surface area contributed by atoms with Gasteiger partial charge in [0.2, 0.25) is 0 Å². The smallest absolute Gasteiger partial charge is 0.307 e. The summed E-state index contributed by atoms with van der Waals surface area (Å²) in [5, 5.41) is 8.69. The molecule has 0 atom stereocenters. The van der Waals surface area contributed by atoms with Crippen molar-refractivity contribution >= 4 is 5.97 Å². The minimum Gasteiger partial charge on any atom is -0.481 e. The zero-order chi connectivity index (χ0) is 12.3. The number of aliphatic carboxylic acids is 1. The number of carboxylic acids is 1. The van der Waals surface area contributed by atoms with Gasteiger partial charge in [0, 0.05) is 12.4 Å². The molecular weight excluding hydrogens is 221 g/mol. The van der Waals surface area contributed by atoms with Gasteiger partial charge >= 0.3 is 5.97 Å². The first-order chi connectivity index (χ1) is 8.15. The van der Waals surface area contributed by atoms with E-state index in [1.807, 2.05) is 0 Å². The van der Waals surface area contributed by atoms with Crippen molar-refractivity contribution in [3.63, 3.8) is 0 Å². The number of nitrogens with zero attached hydrogens (tertiary/aromatic N) is 1. The van der Waals surface area contributed by atoms with Crippen LogP contribution in [0.4, 0.5) is 4.39 Å². The summed E-state index contributed by atoms with van der Waals surface area (Å²) in [7, 11) is 0. The number of rotatable bonds is 3. The first kappa shape index (κ1) is 11.3. The molecular formula is C13H10FNO2. The van der Waals surface area contributed by atoms with Gasteiger partial charge < -0.3 is 5.11 Å². The van der Waals surface area contributed by atoms with Crippen LogP contribution in [-0.2, 0) is 11.2 Å². The average molecular weight is 231 g/mol. The lowest BCUT2D eigenvalue weighted by atomic mass is 10.0. The second-order valence-electron chi connectivity index (χ2n) is 3.65. The molecule has 0 fully saturated rings. The fourth-order valence-corrected chi connectivity index (χ4v) is 1.64. The normalized spacial score (nSPS) is 10.2. The molecule has 2 aromatic rings. The molecule has 1 N–H and O–H groups in total. The number of benzene rings is 1. The van der Waals surface area contributed by atoms with Gasteiger partial charge in [-0.25, -0.2) is 4.39 Å². The van der Waals surface area contributed by atoms with E-state index in [1.54, 1.807) is 30.6 Å². The Bertz CT molecular complexity index is 540. The number of aromatic nitrogens is 1. The van der Waals surface area contributed by atoms with Crippen molar-refractivity contribution < 1.29 is 14.3 Å². The summed E-state index contributed by atoms with van der Waals surface area (Å²) < 4.78 is 13.4. The highest BCUT2D eigenvalue weighted by Gasteiger charge is 2.06. The highest BCUT2D eigenvalue weighted by atomic mass is 19.1. The van der Waals surface area contributed by atoms with Gasteiger partial charge in [0.1, 0.15) is 5.82 Å². The Morgan fingerprint density at radius 3 is 2.53 bits per heavy atom. The molecule has 0 radical (unpaired) electrons. The molecule has 2 rings (SSSR count). The van der Waals surface area contributed by atoms with Crippen LogP contribution in [0.3, 0.4) is 0 Å². The highest BCUT2D eigenvalue weighted by molar-refractivity contribution is 5.72. The van der Waals surface area contributed by atoms with Gasteiger partial charge in [-0.2, -0.15) is 0 Å². The minimum atomic E-state index is -0.976. The topological polar surface area (TPSA) is 50.2 Å². The summed E-state index contributed by atoms with van der Waals surface area (Å²) in [5.41, 5.74) is 1.92. The molecule has 1 aromatic carbocycles. The largest absolute Gasteiger partial charge is 0.481 e. The molecule has 0 bridgehead atoms. The van der Waals surface area contributed by atoms with Crippen molar-refractivity contribution in [3.8, 4) is 11.1 Å². The van der Waals surface area contributed by atoms with Crippen molar-refractivity contribution in [2.75, 3.05) is 0 Å². The number of halogens is 1. The lowest BCUT2D eigenvalue weighted by Crippen LogP contribution is -2.00. The molecule has 0 aliphatic carbocycles. The maximum Gasteiger partial charge on any atom is 0.307 e. The first-order valence-corrected chi connectivity index (χ1v) is 5.07. The molecule has 4 heteroatoms. The van der Waals surface area contributed by atoms with Crippen LogP contribution in [0.2, 0.25) is 0 Å². The van der Waals surface area contributed by atoms with Crippen LogP contribution in [-0.4, -0.2) is 16.1 Å². The monoisotopic (exact) mass is 231 g/mol. The predicted molar refractivity (Wildman–Crippen MR) is 61.0 cm³/mol. The Morgan fingerprint density at radius 2 is 1.88 bits per heavy atom. The van der Waals surface area contributed by atoms with Gasteiger partial charge in [-0.1, -0.05) is 6.07 Å². The van der Waals surface area contributed by atoms with Crippen molar-refractivity contribution in [1.82, 2.24) is 4.98 Å². The van der Waals surface area contributed by atoms with Crippen LogP contribution in [0.15, 0.2) is 42.7 Å². The fraction of sp³-hybridized carbons (Fsp3) is 0.0769. The molecule has 1 aromatic heterocycles. The number of carbonyl (C=O) groups is 1. The molecule has 0 saturated heterocycles. The van der Waals surface area contributed by atoms with E-state index < -0.39 is 11.8 Å². The molecule has 0 amide bonds. The second-order valence-corrected chi connectivity index (χ2v) is 3.65. The Balaban J connectivity index is 2.42. The fourth-order valence-electron chi connectivity index (χ4n) is 1.64. The summed E-state index contributed by atoms with van der Waals surface area (Å²) in [6.45, 7) is 0. The van der Waals surface area contributed by atoms with Crippen molar-refractivity contribution in [2.45, 2.75) is 6.42 Å². The quantitative estimate of drug-likeness (QED) is 0.883. The Morgan fingerprint density at radius 1 is 1.18 bits per heavy atom. The van der Waals surface area contributed by atoms with E-state index in [1.165, 1.54) is 12.1 Å². The third kappa shape index (κ3) is 2.87. The molecule has 0 aliphatic rings. The maximum atomic E-state index is 13.4. The Labute approximate surface area is 97.6 Å². The Hall–Kier alpha value is -2.23. The van der Waals surface area contributed by atoms with Crippen LogP contribution in [0.25, 0.3) is 11.1 Å². The van der Waals surface area contributed by atoms with Gasteiger partial charge in [-0.05, 0) is 41.0 Å². The Kier molecular flexibility index (Phi) is 3.14. The number of hydrogen-bond donors (Lipinski definition) is 1. The molecule has 1 heterocycles. The van der Waals surface area contributed by atoms with E-state index in [2.05, 4.69) is 4.98 Å². The zero-order valence-corrected chi connectivity index (χ0v) is 8.93. The molecule has 0 saturated carbocycles. The summed E-state index contributed by atoms with van der Waals surface area (Å²) in [6, 6.07) is 7.78. The summed E-state index contributed by atoms with van der Waals surface area (Å²) in [6.07, 6.45) is 3.03. The second kappa shape index (κ2) is 4.74. The maximum absolute atomic E-state index is 13.4. The molecule has 0 spiro atoms. The van der Waals surface area contributed by atoms with E-state index in [9.17, 15) is 9.18 Å². The third-order valence-electron chi connectivity index (χ3n) is 2.33. The van der Waals surface area contributed by atoms with Crippen LogP contribution >= 0.6 is 0 Å². The highest BCUT2D eigenvalue weighted by Crippen LogP contribution is 2.21. The van der Waals surface area contributed by atoms with Crippen LogP contribution in [0.1, 0.15) is 5.56 Å². The summed E-state index contributed by atoms with van der Waals surface area (Å²) >= 11 is 0. The molecule has 17 heavy (non-hydrogen) atoms. The third-order valence-corrected chi connectivity index (χ3v) is 2.33. The first-order valence-electron chi connectivity index (χ1n) is 5.07. The van der Waals surface area contributed by atoms with E-state index in [0.29, 0.717) is 11.1 Å². The number of pyridine rings is 1. The van der Waals surface area contributed by atoms with E-state index in [-0.39, 0.29) is 6.42 Å². The molecule has 86 valence electrons. The van der Waals surface area contributed by atoms with Gasteiger partial charge in [-0.3, -0.25) is 9.78 Å². The molecule has 0 unspecified atom stereocenters.